The van der Waals surface area contributed by atoms with Gasteiger partial charge in [0.2, 0.25) is 0 Å². The van der Waals surface area contributed by atoms with Crippen LogP contribution in [0.25, 0.3) is 0 Å². The van der Waals surface area contributed by atoms with Crippen LogP contribution in [0.3, 0.4) is 0 Å². The predicted molar refractivity (Wildman–Crippen MR) is 91.0 cm³/mol. The van der Waals surface area contributed by atoms with Gasteiger partial charge in [0.15, 0.2) is 0 Å². The molecule has 0 amide bonds. The van der Waals surface area contributed by atoms with Crippen molar-refractivity contribution in [2.24, 2.45) is 0 Å². The predicted octanol–water partition coefficient (Wildman–Crippen LogP) is 5.34. The first-order valence-electron chi connectivity index (χ1n) is 7.44. The van der Waals surface area contributed by atoms with Crippen molar-refractivity contribution >= 4 is 21.6 Å². The zero-order valence-corrected chi connectivity index (χ0v) is 14.0. The molecule has 0 saturated carbocycles. The van der Waals surface area contributed by atoms with Crippen molar-refractivity contribution in [3.05, 3.63) is 58.1 Å². The topological polar surface area (TPSA) is 21.3 Å². The third kappa shape index (κ3) is 3.24. The number of nitrogens with one attached hydrogen (secondary N) is 1. The zero-order valence-electron chi connectivity index (χ0n) is 12.4. The van der Waals surface area contributed by atoms with Gasteiger partial charge in [-0.2, -0.15) is 0 Å². The monoisotopic (exact) mass is 345 g/mol. The van der Waals surface area contributed by atoms with Crippen LogP contribution in [0.4, 0.5) is 5.69 Å². The maximum atomic E-state index is 5.89. The molecule has 0 spiro atoms. The number of ether oxygens (including phenoxy) is 1. The lowest BCUT2D eigenvalue weighted by Gasteiger charge is -2.20. The zero-order chi connectivity index (χ0) is 14.8. The molecule has 2 aromatic carbocycles. The molecule has 110 valence electrons. The van der Waals surface area contributed by atoms with Gasteiger partial charge >= 0.3 is 0 Å². The van der Waals surface area contributed by atoms with Crippen molar-refractivity contribution in [3.8, 4) is 5.75 Å². The van der Waals surface area contributed by atoms with Crippen LogP contribution in [0.5, 0.6) is 5.75 Å². The Balaban J connectivity index is 1.83. The van der Waals surface area contributed by atoms with Crippen molar-refractivity contribution in [2.75, 3.05) is 5.32 Å². The third-order valence-electron chi connectivity index (χ3n) is 3.76. The summed E-state index contributed by atoms with van der Waals surface area (Å²) in [5, 5.41) is 3.65. The molecule has 0 aliphatic heterocycles. The van der Waals surface area contributed by atoms with Crippen molar-refractivity contribution < 1.29 is 4.74 Å². The van der Waals surface area contributed by atoms with E-state index in [2.05, 4.69) is 59.4 Å². The molecule has 2 aromatic rings. The van der Waals surface area contributed by atoms with E-state index in [1.165, 1.54) is 11.1 Å². The van der Waals surface area contributed by atoms with Gasteiger partial charge in [-0.3, -0.25) is 0 Å². The molecule has 0 fully saturated rings. The number of halogens is 1. The summed E-state index contributed by atoms with van der Waals surface area (Å²) in [5.74, 6) is 0.929. The first-order valence-corrected chi connectivity index (χ1v) is 8.23. The average molecular weight is 346 g/mol. The van der Waals surface area contributed by atoms with E-state index in [0.29, 0.717) is 6.04 Å². The fourth-order valence-corrected chi connectivity index (χ4v) is 3.27. The molecule has 21 heavy (non-hydrogen) atoms. The second-order valence-corrected chi connectivity index (χ2v) is 6.66. The lowest BCUT2D eigenvalue weighted by molar-refractivity contribution is 0.243. The quantitative estimate of drug-likeness (QED) is 0.807. The van der Waals surface area contributed by atoms with Gasteiger partial charge < -0.3 is 10.1 Å². The van der Waals surface area contributed by atoms with E-state index in [9.17, 15) is 0 Å². The molecule has 1 unspecified atom stereocenters. The molecule has 1 atom stereocenters. The van der Waals surface area contributed by atoms with Crippen molar-refractivity contribution in [2.45, 2.75) is 38.8 Å². The first kappa shape index (κ1) is 14.5. The van der Waals surface area contributed by atoms with Gasteiger partial charge in [-0.25, -0.2) is 0 Å². The number of hydrogen-bond donors (Lipinski definition) is 1. The summed E-state index contributed by atoms with van der Waals surface area (Å²) >= 11 is 3.55. The number of aryl methyl sites for hydroxylation is 1. The second-order valence-electron chi connectivity index (χ2n) is 5.74. The summed E-state index contributed by atoms with van der Waals surface area (Å²) < 4.78 is 7.05. The molecule has 0 radical (unpaired) electrons. The molecule has 0 heterocycles. The fraction of sp³-hybridized carbons (Fsp3) is 0.333. The Hall–Kier alpha value is -1.48. The summed E-state index contributed by atoms with van der Waals surface area (Å²) in [7, 11) is 0. The standard InChI is InChI=1S/C18H20BrNO/c1-12(2)21-18-6-4-3-5-17(18)20-16-10-7-13-11-14(19)8-9-15(13)16/h3-6,8-9,11-12,16,20H,7,10H2,1-2H3. The van der Waals surface area contributed by atoms with Crippen LogP contribution in [0.2, 0.25) is 0 Å². The van der Waals surface area contributed by atoms with E-state index in [4.69, 9.17) is 4.74 Å². The Morgan fingerprint density at radius 2 is 2.00 bits per heavy atom. The Morgan fingerprint density at radius 1 is 1.19 bits per heavy atom. The van der Waals surface area contributed by atoms with Crippen LogP contribution in [-0.4, -0.2) is 6.10 Å². The summed E-state index contributed by atoms with van der Waals surface area (Å²) in [6.07, 6.45) is 2.43. The number of rotatable bonds is 4. The van der Waals surface area contributed by atoms with Crippen LogP contribution in [-0.2, 0) is 6.42 Å². The average Bonchev–Trinajstić information content (AvgIpc) is 2.83. The Morgan fingerprint density at radius 3 is 2.81 bits per heavy atom. The molecule has 0 saturated heterocycles. The minimum absolute atomic E-state index is 0.180. The smallest absolute Gasteiger partial charge is 0.142 e. The highest BCUT2D eigenvalue weighted by Gasteiger charge is 2.23. The molecule has 0 bridgehead atoms. The molecular weight excluding hydrogens is 326 g/mol. The Labute approximate surface area is 134 Å². The number of anilines is 1. The van der Waals surface area contributed by atoms with E-state index in [-0.39, 0.29) is 6.10 Å². The molecule has 2 nitrogen and oxygen atoms in total. The molecule has 0 aromatic heterocycles. The van der Waals surface area contributed by atoms with Crippen LogP contribution >= 0.6 is 15.9 Å². The minimum atomic E-state index is 0.180. The summed E-state index contributed by atoms with van der Waals surface area (Å²) in [6, 6.07) is 15.1. The fourth-order valence-electron chi connectivity index (χ4n) is 2.87. The molecule has 1 aliphatic carbocycles. The number of hydrogen-bond acceptors (Lipinski definition) is 2. The SMILES string of the molecule is CC(C)Oc1ccccc1NC1CCc2cc(Br)ccc21. The van der Waals surface area contributed by atoms with Gasteiger partial charge in [0.1, 0.15) is 5.75 Å². The summed E-state index contributed by atoms with van der Waals surface area (Å²) in [5.41, 5.74) is 3.91. The van der Waals surface area contributed by atoms with Gasteiger partial charge in [0.05, 0.1) is 17.8 Å². The first-order chi connectivity index (χ1) is 10.1. The van der Waals surface area contributed by atoms with E-state index in [1.807, 2.05) is 18.2 Å². The highest BCUT2D eigenvalue weighted by Crippen LogP contribution is 2.37. The van der Waals surface area contributed by atoms with Gasteiger partial charge in [-0.1, -0.05) is 34.1 Å². The Kier molecular flexibility index (Phi) is 4.20. The van der Waals surface area contributed by atoms with E-state index >= 15 is 0 Å². The van der Waals surface area contributed by atoms with Crippen LogP contribution < -0.4 is 10.1 Å². The van der Waals surface area contributed by atoms with Crippen molar-refractivity contribution in [3.63, 3.8) is 0 Å². The van der Waals surface area contributed by atoms with E-state index < -0.39 is 0 Å². The molecule has 1 aliphatic rings. The number of fused-ring (bicyclic) bond motifs is 1. The molecule has 3 heteroatoms. The van der Waals surface area contributed by atoms with Gasteiger partial charge in [0, 0.05) is 4.47 Å². The summed E-state index contributed by atoms with van der Waals surface area (Å²) in [4.78, 5) is 0. The molecule has 3 rings (SSSR count). The highest BCUT2D eigenvalue weighted by molar-refractivity contribution is 9.10. The lowest BCUT2D eigenvalue weighted by atomic mass is 10.1. The van der Waals surface area contributed by atoms with E-state index in [0.717, 1.165) is 28.8 Å². The third-order valence-corrected chi connectivity index (χ3v) is 4.26. The summed E-state index contributed by atoms with van der Waals surface area (Å²) in [6.45, 7) is 4.11. The largest absolute Gasteiger partial charge is 0.489 e. The van der Waals surface area contributed by atoms with Crippen LogP contribution in [0, 0.1) is 0 Å². The maximum absolute atomic E-state index is 5.89. The van der Waals surface area contributed by atoms with Crippen molar-refractivity contribution in [1.29, 1.82) is 0 Å². The van der Waals surface area contributed by atoms with Gasteiger partial charge in [-0.15, -0.1) is 0 Å². The van der Waals surface area contributed by atoms with E-state index in [1.54, 1.807) is 0 Å². The second kappa shape index (κ2) is 6.10. The highest BCUT2D eigenvalue weighted by atomic mass is 79.9. The molecular formula is C18H20BrNO. The lowest BCUT2D eigenvalue weighted by Crippen LogP contribution is -2.11. The normalized spacial score (nSPS) is 16.9. The van der Waals surface area contributed by atoms with Gasteiger partial charge in [0.25, 0.3) is 0 Å². The minimum Gasteiger partial charge on any atom is -0.489 e. The van der Waals surface area contributed by atoms with Crippen LogP contribution in [0.1, 0.15) is 37.4 Å². The Bertz CT molecular complexity index is 639. The number of benzene rings is 2. The van der Waals surface area contributed by atoms with Crippen molar-refractivity contribution in [1.82, 2.24) is 0 Å². The number of para-hydroxylation sites is 2. The van der Waals surface area contributed by atoms with Crippen LogP contribution in [0.15, 0.2) is 46.9 Å². The van der Waals surface area contributed by atoms with Gasteiger partial charge in [-0.05, 0) is 62.1 Å². The maximum Gasteiger partial charge on any atom is 0.142 e. The molecule has 1 N–H and O–H groups in total.